The lowest BCUT2D eigenvalue weighted by Gasteiger charge is -2.34. The van der Waals surface area contributed by atoms with E-state index in [9.17, 15) is 4.39 Å². The predicted octanol–water partition coefficient (Wildman–Crippen LogP) is 6.22. The highest BCUT2D eigenvalue weighted by atomic mass is 35.5. The molecule has 0 amide bonds. The van der Waals surface area contributed by atoms with Crippen molar-refractivity contribution in [2.75, 3.05) is 31.1 Å². The second kappa shape index (κ2) is 11.0. The smallest absolute Gasteiger partial charge is 0.175 e. The molecule has 3 aromatic heterocycles. The molecule has 5 aliphatic heterocycles. The molecule has 230 valence electrons. The summed E-state index contributed by atoms with van der Waals surface area (Å²) in [5.41, 5.74) is 2.90. The number of anilines is 1. The fraction of sp³-hybridized carbons (Fsp3) is 0.545. The molecule has 5 aliphatic rings. The van der Waals surface area contributed by atoms with E-state index in [2.05, 4.69) is 14.8 Å². The van der Waals surface area contributed by atoms with Gasteiger partial charge in [0.1, 0.15) is 35.4 Å². The quantitative estimate of drug-likeness (QED) is 0.270. The van der Waals surface area contributed by atoms with Crippen molar-refractivity contribution in [3.8, 4) is 11.3 Å². The largest absolute Gasteiger partial charge is 0.354 e. The monoisotopic (exact) mass is 618 g/mol. The average molecular weight is 619 g/mol. The van der Waals surface area contributed by atoms with Gasteiger partial charge in [0.05, 0.1) is 11.4 Å². The van der Waals surface area contributed by atoms with Crippen LogP contribution >= 0.6 is 11.6 Å². The third-order valence-electron chi connectivity index (χ3n) is 10.3. The van der Waals surface area contributed by atoms with Gasteiger partial charge in [0.25, 0.3) is 0 Å². The fourth-order valence-corrected chi connectivity index (χ4v) is 8.58. The molecule has 0 saturated carbocycles. The van der Waals surface area contributed by atoms with Crippen molar-refractivity contribution in [2.45, 2.75) is 88.9 Å². The molecule has 8 heterocycles. The van der Waals surface area contributed by atoms with E-state index in [1.807, 2.05) is 30.1 Å². The molecule has 11 heteroatoms. The summed E-state index contributed by atoms with van der Waals surface area (Å²) < 4.78 is 33.3. The van der Waals surface area contributed by atoms with E-state index >= 15 is 4.39 Å². The first kappa shape index (κ1) is 28.2. The Morgan fingerprint density at radius 2 is 1.98 bits per heavy atom. The number of pyridine rings is 1. The minimum absolute atomic E-state index is 0.132. The van der Waals surface area contributed by atoms with Gasteiger partial charge in [-0.2, -0.15) is 5.10 Å². The van der Waals surface area contributed by atoms with E-state index in [0.717, 1.165) is 68.6 Å². The maximum absolute atomic E-state index is 16.8. The van der Waals surface area contributed by atoms with Gasteiger partial charge in [-0.25, -0.2) is 28.4 Å². The number of nitrogens with zero attached hydrogens (tertiary/aromatic N) is 8. The third-order valence-corrected chi connectivity index (χ3v) is 10.7. The van der Waals surface area contributed by atoms with E-state index in [0.29, 0.717) is 66.4 Å². The number of piperidine rings is 1. The van der Waals surface area contributed by atoms with E-state index in [-0.39, 0.29) is 22.8 Å². The number of aromatic nitrogens is 6. The lowest BCUT2D eigenvalue weighted by atomic mass is 9.88. The number of aryl methyl sites for hydroxylation is 3. The highest BCUT2D eigenvalue weighted by Crippen LogP contribution is 2.43. The van der Waals surface area contributed by atoms with Crippen LogP contribution in [0, 0.1) is 12.7 Å². The number of hydrogen-bond donors (Lipinski definition) is 0. The third kappa shape index (κ3) is 4.85. The number of alkyl halides is 1. The predicted molar refractivity (Wildman–Crippen MR) is 166 cm³/mol. The van der Waals surface area contributed by atoms with Crippen LogP contribution in [-0.4, -0.2) is 72.5 Å². The van der Waals surface area contributed by atoms with E-state index in [1.54, 1.807) is 6.20 Å². The fourth-order valence-electron chi connectivity index (χ4n) is 8.21. The van der Waals surface area contributed by atoms with Crippen molar-refractivity contribution >= 4 is 28.3 Å². The Labute approximate surface area is 260 Å². The number of halogens is 3. The standard InChI is InChI=1S/C33H37ClF2N8/c1-20-13-24-23(26(34)14-20)6-2-7-27-38-19-44(41-27)22-5-3-11-42(18-22)32-25-16-37-30(24)29(36)31(25)39-28(40-32)8-10-33-9-4-12-43(33)17-21(35)15-33/h13-14,16,19,21-22H,2-12,15,17-18H2,1H3/t21?,22?,33-/m1/s1. The Bertz CT molecular complexity index is 1740. The zero-order valence-electron chi connectivity index (χ0n) is 25.1. The normalized spacial score (nSPS) is 25.2. The SMILES string of the molecule is Cc1cc(Cl)c2c(c1)-c1ncc3c(nc(CC[C@@]45CCCN4CC(F)C5)nc3c1F)N1CCCC(C1)n1cnc(n1)CCC2. The van der Waals surface area contributed by atoms with Gasteiger partial charge in [-0.3, -0.25) is 9.88 Å². The summed E-state index contributed by atoms with van der Waals surface area (Å²) in [4.78, 5) is 23.9. The summed E-state index contributed by atoms with van der Waals surface area (Å²) in [6.07, 6.45) is 10.8. The highest BCUT2D eigenvalue weighted by Gasteiger charge is 2.48. The van der Waals surface area contributed by atoms with Crippen molar-refractivity contribution in [3.05, 3.63) is 58.3 Å². The molecule has 0 radical (unpaired) electrons. The summed E-state index contributed by atoms with van der Waals surface area (Å²) in [6.45, 7) is 4.90. The van der Waals surface area contributed by atoms with Crippen molar-refractivity contribution in [1.82, 2.24) is 34.6 Å². The van der Waals surface area contributed by atoms with Crippen LogP contribution in [0.1, 0.15) is 73.8 Å². The first-order valence-corrected chi connectivity index (χ1v) is 16.4. The van der Waals surface area contributed by atoms with Crippen LogP contribution in [0.2, 0.25) is 5.02 Å². The van der Waals surface area contributed by atoms with Crippen LogP contribution in [0.3, 0.4) is 0 Å². The summed E-state index contributed by atoms with van der Waals surface area (Å²) in [5, 5.41) is 6.07. The van der Waals surface area contributed by atoms with Crippen LogP contribution in [-0.2, 0) is 19.3 Å². The molecule has 8 bridgehead atoms. The molecule has 1 aromatic carbocycles. The molecule has 3 saturated heterocycles. The lowest BCUT2D eigenvalue weighted by molar-refractivity contribution is 0.181. The summed E-state index contributed by atoms with van der Waals surface area (Å²) in [6, 6.07) is 4.02. The first-order valence-electron chi connectivity index (χ1n) is 16.1. The summed E-state index contributed by atoms with van der Waals surface area (Å²) >= 11 is 6.80. The Hall–Kier alpha value is -3.24. The van der Waals surface area contributed by atoms with Crippen molar-refractivity contribution in [2.24, 2.45) is 0 Å². The molecule has 0 N–H and O–H groups in total. The molecule has 44 heavy (non-hydrogen) atoms. The second-order valence-electron chi connectivity index (χ2n) is 13.2. The Morgan fingerprint density at radius 3 is 2.89 bits per heavy atom. The van der Waals surface area contributed by atoms with Gasteiger partial charge < -0.3 is 4.90 Å². The van der Waals surface area contributed by atoms with Crippen molar-refractivity contribution < 1.29 is 8.78 Å². The molecular formula is C33H37ClF2N8. The zero-order valence-corrected chi connectivity index (χ0v) is 25.8. The maximum atomic E-state index is 16.8. The van der Waals surface area contributed by atoms with Crippen LogP contribution in [0.15, 0.2) is 24.7 Å². The molecule has 3 atom stereocenters. The Kier molecular flexibility index (Phi) is 7.05. The minimum atomic E-state index is -0.792. The van der Waals surface area contributed by atoms with Crippen LogP contribution in [0.25, 0.3) is 22.2 Å². The van der Waals surface area contributed by atoms with E-state index in [4.69, 9.17) is 31.7 Å². The number of benzene rings is 1. The first-order chi connectivity index (χ1) is 21.4. The highest BCUT2D eigenvalue weighted by molar-refractivity contribution is 6.31. The van der Waals surface area contributed by atoms with Gasteiger partial charge in [0.15, 0.2) is 11.6 Å². The lowest BCUT2D eigenvalue weighted by Crippen LogP contribution is -2.39. The van der Waals surface area contributed by atoms with Crippen molar-refractivity contribution in [3.63, 3.8) is 0 Å². The average Bonchev–Trinajstić information content (AvgIpc) is 3.71. The number of fused-ring (bicyclic) bond motifs is 4. The topological polar surface area (TPSA) is 75.9 Å². The van der Waals surface area contributed by atoms with Gasteiger partial charge in [-0.1, -0.05) is 11.6 Å². The van der Waals surface area contributed by atoms with Gasteiger partial charge in [-0.15, -0.1) is 0 Å². The molecule has 0 spiro atoms. The van der Waals surface area contributed by atoms with Gasteiger partial charge in [-0.05, 0) is 88.1 Å². The van der Waals surface area contributed by atoms with Crippen LogP contribution < -0.4 is 4.90 Å². The number of hydrogen-bond acceptors (Lipinski definition) is 7. The Morgan fingerprint density at radius 1 is 1.07 bits per heavy atom. The number of rotatable bonds is 3. The van der Waals surface area contributed by atoms with Crippen LogP contribution in [0.5, 0.6) is 0 Å². The van der Waals surface area contributed by atoms with Gasteiger partial charge in [0, 0.05) is 54.8 Å². The van der Waals surface area contributed by atoms with Crippen molar-refractivity contribution in [1.29, 1.82) is 0 Å². The van der Waals surface area contributed by atoms with E-state index < -0.39 is 12.0 Å². The molecule has 9 rings (SSSR count). The van der Waals surface area contributed by atoms with Crippen LogP contribution in [0.4, 0.5) is 14.6 Å². The molecule has 3 fully saturated rings. The minimum Gasteiger partial charge on any atom is -0.354 e. The summed E-state index contributed by atoms with van der Waals surface area (Å²) in [5.74, 6) is 1.66. The molecule has 2 unspecified atom stereocenters. The van der Waals surface area contributed by atoms with Gasteiger partial charge >= 0.3 is 0 Å². The molecule has 4 aromatic rings. The summed E-state index contributed by atoms with van der Waals surface area (Å²) in [7, 11) is 0. The van der Waals surface area contributed by atoms with E-state index in [1.165, 1.54) is 0 Å². The Balaban J connectivity index is 1.28. The second-order valence-corrected chi connectivity index (χ2v) is 13.6. The maximum Gasteiger partial charge on any atom is 0.175 e. The zero-order chi connectivity index (χ0) is 30.0. The molecule has 8 nitrogen and oxygen atoms in total. The molecular weight excluding hydrogens is 582 g/mol. The molecule has 0 aliphatic carbocycles. The van der Waals surface area contributed by atoms with Gasteiger partial charge in [0.2, 0.25) is 0 Å².